The number of carbonyl (C=O) groups is 2. The molecule has 3 N–H and O–H groups in total. The van der Waals surface area contributed by atoms with Crippen LogP contribution in [-0.2, 0) is 17.4 Å². The third-order valence-electron chi connectivity index (χ3n) is 4.97. The van der Waals surface area contributed by atoms with E-state index in [4.69, 9.17) is 5.73 Å². The highest BCUT2D eigenvalue weighted by atomic mass is 32.1. The van der Waals surface area contributed by atoms with Gasteiger partial charge in [0.2, 0.25) is 5.91 Å². The Labute approximate surface area is 191 Å². The zero-order valence-corrected chi connectivity index (χ0v) is 18.0. The molecule has 0 fully saturated rings. The molecule has 0 bridgehead atoms. The van der Waals surface area contributed by atoms with Gasteiger partial charge in [-0.1, -0.05) is 30.3 Å². The molecule has 0 aliphatic rings. The third kappa shape index (κ3) is 5.20. The summed E-state index contributed by atoms with van der Waals surface area (Å²) in [7, 11) is 0. The summed E-state index contributed by atoms with van der Waals surface area (Å²) in [6, 6.07) is 16.1. The smallest absolute Gasteiger partial charge is 0.368 e. The van der Waals surface area contributed by atoms with E-state index in [1.165, 1.54) is 35.7 Å². The Kier molecular flexibility index (Phi) is 6.15. The second-order valence-electron chi connectivity index (χ2n) is 7.38. The van der Waals surface area contributed by atoms with E-state index in [9.17, 15) is 22.8 Å². The fourth-order valence-electron chi connectivity index (χ4n) is 3.47. The molecule has 2 heterocycles. The van der Waals surface area contributed by atoms with E-state index in [2.05, 4.69) is 10.3 Å². The SMILES string of the molecule is NC(=O)CNC(=O)c1ccnc(-c2cccc3sc(Cc4cccc(C(F)(F)F)c4)cc23)c1. The monoisotopic (exact) mass is 469 g/mol. The normalized spacial score (nSPS) is 11.5. The van der Waals surface area contributed by atoms with E-state index in [0.717, 1.165) is 26.6 Å². The highest BCUT2D eigenvalue weighted by Crippen LogP contribution is 2.35. The fraction of sp³-hybridized carbons (Fsp3) is 0.125. The van der Waals surface area contributed by atoms with Gasteiger partial charge in [-0.25, -0.2) is 0 Å². The van der Waals surface area contributed by atoms with Gasteiger partial charge in [0.05, 0.1) is 17.8 Å². The topological polar surface area (TPSA) is 85.1 Å². The molecule has 2 amide bonds. The molecule has 0 aliphatic heterocycles. The van der Waals surface area contributed by atoms with E-state index < -0.39 is 23.6 Å². The molecule has 4 rings (SSSR count). The van der Waals surface area contributed by atoms with Crippen LogP contribution in [0, 0.1) is 0 Å². The number of amides is 2. The minimum Gasteiger partial charge on any atom is -0.368 e. The van der Waals surface area contributed by atoms with Crippen molar-refractivity contribution in [2.24, 2.45) is 5.73 Å². The molecule has 0 saturated heterocycles. The first kappa shape index (κ1) is 22.5. The number of thiophene rings is 1. The predicted molar refractivity (Wildman–Crippen MR) is 121 cm³/mol. The Morgan fingerprint density at radius 1 is 1.03 bits per heavy atom. The maximum atomic E-state index is 13.0. The highest BCUT2D eigenvalue weighted by Gasteiger charge is 2.30. The molecule has 2 aromatic heterocycles. The molecule has 0 aliphatic carbocycles. The first-order valence-electron chi connectivity index (χ1n) is 9.91. The first-order valence-corrected chi connectivity index (χ1v) is 10.7. The summed E-state index contributed by atoms with van der Waals surface area (Å²) < 4.78 is 40.1. The van der Waals surface area contributed by atoms with Crippen molar-refractivity contribution < 1.29 is 22.8 Å². The second-order valence-corrected chi connectivity index (χ2v) is 8.55. The van der Waals surface area contributed by atoms with E-state index >= 15 is 0 Å². The number of halogens is 3. The zero-order valence-electron chi connectivity index (χ0n) is 17.1. The first-order chi connectivity index (χ1) is 15.7. The zero-order chi connectivity index (χ0) is 23.6. The molecule has 0 spiro atoms. The maximum Gasteiger partial charge on any atom is 0.416 e. The van der Waals surface area contributed by atoms with E-state index in [1.54, 1.807) is 12.1 Å². The van der Waals surface area contributed by atoms with Crippen molar-refractivity contribution in [1.82, 2.24) is 10.3 Å². The van der Waals surface area contributed by atoms with Crippen LogP contribution in [-0.4, -0.2) is 23.3 Å². The highest BCUT2D eigenvalue weighted by molar-refractivity contribution is 7.19. The van der Waals surface area contributed by atoms with Crippen LogP contribution in [0.15, 0.2) is 66.9 Å². The molecule has 4 aromatic rings. The van der Waals surface area contributed by atoms with Gasteiger partial charge in [-0.15, -0.1) is 11.3 Å². The fourth-order valence-corrected chi connectivity index (χ4v) is 4.59. The molecular weight excluding hydrogens is 451 g/mol. The van der Waals surface area contributed by atoms with Gasteiger partial charge in [0.1, 0.15) is 0 Å². The average Bonchev–Trinajstić information content (AvgIpc) is 3.19. The van der Waals surface area contributed by atoms with Gasteiger partial charge in [0, 0.05) is 38.7 Å². The Morgan fingerprint density at radius 3 is 2.58 bits per heavy atom. The van der Waals surface area contributed by atoms with Crippen LogP contribution in [0.3, 0.4) is 0 Å². The Hall–Kier alpha value is -3.72. The molecule has 9 heteroatoms. The molecule has 0 unspecified atom stereocenters. The van der Waals surface area contributed by atoms with Crippen molar-refractivity contribution in [3.63, 3.8) is 0 Å². The number of primary amides is 1. The summed E-state index contributed by atoms with van der Waals surface area (Å²) >= 11 is 1.50. The molecule has 0 saturated carbocycles. The number of rotatable bonds is 6. The summed E-state index contributed by atoms with van der Waals surface area (Å²) in [5.41, 5.74) is 6.66. The van der Waals surface area contributed by atoms with Crippen LogP contribution < -0.4 is 11.1 Å². The van der Waals surface area contributed by atoms with Crippen LogP contribution >= 0.6 is 11.3 Å². The van der Waals surface area contributed by atoms with Crippen molar-refractivity contribution in [2.45, 2.75) is 12.6 Å². The van der Waals surface area contributed by atoms with Gasteiger partial charge in [-0.2, -0.15) is 13.2 Å². The van der Waals surface area contributed by atoms with E-state index in [1.807, 2.05) is 24.3 Å². The van der Waals surface area contributed by atoms with Crippen LogP contribution in [0.5, 0.6) is 0 Å². The van der Waals surface area contributed by atoms with Crippen molar-refractivity contribution >= 4 is 33.2 Å². The van der Waals surface area contributed by atoms with Crippen molar-refractivity contribution in [3.05, 3.63) is 88.4 Å². The van der Waals surface area contributed by atoms with Crippen LogP contribution in [0.25, 0.3) is 21.3 Å². The summed E-state index contributed by atoms with van der Waals surface area (Å²) in [6.07, 6.45) is -2.52. The van der Waals surface area contributed by atoms with Crippen molar-refractivity contribution in [3.8, 4) is 11.3 Å². The van der Waals surface area contributed by atoms with Gasteiger partial charge in [0.25, 0.3) is 5.91 Å². The number of aromatic nitrogens is 1. The van der Waals surface area contributed by atoms with E-state index in [-0.39, 0.29) is 6.54 Å². The second kappa shape index (κ2) is 9.03. The molecule has 0 atom stereocenters. The lowest BCUT2D eigenvalue weighted by Gasteiger charge is -2.08. The third-order valence-corrected chi connectivity index (χ3v) is 6.07. The number of nitrogens with zero attached hydrogens (tertiary/aromatic N) is 1. The molecule has 2 aromatic carbocycles. The number of hydrogen-bond acceptors (Lipinski definition) is 4. The Morgan fingerprint density at radius 2 is 1.82 bits per heavy atom. The van der Waals surface area contributed by atoms with Gasteiger partial charge in [-0.3, -0.25) is 14.6 Å². The number of nitrogens with two attached hydrogens (primary N) is 1. The van der Waals surface area contributed by atoms with Crippen LogP contribution in [0.4, 0.5) is 13.2 Å². The van der Waals surface area contributed by atoms with Gasteiger partial charge >= 0.3 is 6.18 Å². The predicted octanol–water partition coefficient (Wildman–Crippen LogP) is 4.79. The van der Waals surface area contributed by atoms with Gasteiger partial charge in [-0.05, 0) is 35.9 Å². The Balaban J connectivity index is 1.64. The summed E-state index contributed by atoms with van der Waals surface area (Å²) in [5, 5.41) is 3.34. The minimum absolute atomic E-state index is 0.268. The van der Waals surface area contributed by atoms with Crippen LogP contribution in [0.1, 0.15) is 26.4 Å². The Bertz CT molecular complexity index is 1350. The maximum absolute atomic E-state index is 13.0. The molecule has 168 valence electrons. The summed E-state index contributed by atoms with van der Waals surface area (Å²) in [5.74, 6) is -1.09. The number of fused-ring (bicyclic) bond motifs is 1. The van der Waals surface area contributed by atoms with Crippen LogP contribution in [0.2, 0.25) is 0 Å². The van der Waals surface area contributed by atoms with E-state index in [0.29, 0.717) is 23.2 Å². The average molecular weight is 469 g/mol. The largest absolute Gasteiger partial charge is 0.416 e. The quantitative estimate of drug-likeness (QED) is 0.426. The molecular formula is C24H18F3N3O2S. The van der Waals surface area contributed by atoms with Crippen molar-refractivity contribution in [2.75, 3.05) is 6.54 Å². The molecule has 5 nitrogen and oxygen atoms in total. The summed E-state index contributed by atoms with van der Waals surface area (Å²) in [4.78, 5) is 28.5. The minimum atomic E-state index is -4.39. The molecule has 0 radical (unpaired) electrons. The lowest BCUT2D eigenvalue weighted by Crippen LogP contribution is -2.33. The van der Waals surface area contributed by atoms with Gasteiger partial charge in [0.15, 0.2) is 0 Å². The van der Waals surface area contributed by atoms with Gasteiger partial charge < -0.3 is 11.1 Å². The number of alkyl halides is 3. The number of nitrogens with one attached hydrogen (secondary N) is 1. The lowest BCUT2D eigenvalue weighted by molar-refractivity contribution is -0.137. The number of hydrogen-bond donors (Lipinski definition) is 2. The lowest BCUT2D eigenvalue weighted by atomic mass is 10.0. The van der Waals surface area contributed by atoms with Crippen molar-refractivity contribution in [1.29, 1.82) is 0 Å². The summed E-state index contributed by atoms with van der Waals surface area (Å²) in [6.45, 7) is -0.268. The number of benzene rings is 2. The standard InChI is InChI=1S/C24H18F3N3O2S/c25-24(26,27)16-4-1-3-14(9-16)10-17-12-19-18(5-2-6-21(19)33-17)20-11-15(7-8-29-20)23(32)30-13-22(28)31/h1-9,11-12H,10,13H2,(H2,28,31)(H,30,32). The number of pyridine rings is 1. The molecule has 33 heavy (non-hydrogen) atoms. The number of carbonyl (C=O) groups excluding carboxylic acids is 2.